The van der Waals surface area contributed by atoms with Crippen LogP contribution in [0.5, 0.6) is 0 Å². The highest BCUT2D eigenvalue weighted by atomic mass is 35.5. The van der Waals surface area contributed by atoms with Crippen molar-refractivity contribution < 1.29 is 9.90 Å². The minimum absolute atomic E-state index is 0.0978. The van der Waals surface area contributed by atoms with Crippen molar-refractivity contribution in [1.29, 1.82) is 0 Å². The van der Waals surface area contributed by atoms with Crippen LogP contribution in [0.2, 0.25) is 5.02 Å². The lowest BCUT2D eigenvalue weighted by Gasteiger charge is -2.05. The summed E-state index contributed by atoms with van der Waals surface area (Å²) in [6.07, 6.45) is 1.35. The molecule has 0 saturated heterocycles. The Morgan fingerprint density at radius 3 is 2.88 bits per heavy atom. The van der Waals surface area contributed by atoms with Gasteiger partial charge in [-0.15, -0.1) is 5.10 Å². The zero-order chi connectivity index (χ0) is 11.7. The van der Waals surface area contributed by atoms with Gasteiger partial charge < -0.3 is 5.11 Å². The van der Waals surface area contributed by atoms with Crippen LogP contribution in [0.4, 0.5) is 0 Å². The summed E-state index contributed by atoms with van der Waals surface area (Å²) in [6.45, 7) is 1.83. The van der Waals surface area contributed by atoms with Gasteiger partial charge in [0.05, 0.1) is 11.9 Å². The summed E-state index contributed by atoms with van der Waals surface area (Å²) in [6, 6.07) is 5.32. The normalized spacial score (nSPS) is 10.4. The Morgan fingerprint density at radius 1 is 1.50 bits per heavy atom. The zero-order valence-electron chi connectivity index (χ0n) is 8.38. The molecule has 6 heteroatoms. The van der Waals surface area contributed by atoms with Crippen molar-refractivity contribution in [3.05, 3.63) is 40.7 Å². The monoisotopic (exact) mass is 237 g/mol. The Morgan fingerprint density at radius 2 is 2.25 bits per heavy atom. The molecular weight excluding hydrogens is 230 g/mol. The summed E-state index contributed by atoms with van der Waals surface area (Å²) in [5.74, 6) is -1.11. The molecule has 2 aromatic rings. The molecule has 0 aliphatic carbocycles. The summed E-state index contributed by atoms with van der Waals surface area (Å²) in [4.78, 5) is 10.7. The zero-order valence-corrected chi connectivity index (χ0v) is 9.14. The third-order valence-electron chi connectivity index (χ3n) is 2.20. The van der Waals surface area contributed by atoms with Crippen LogP contribution in [-0.4, -0.2) is 26.1 Å². The summed E-state index contributed by atoms with van der Waals surface area (Å²) < 4.78 is 1.39. The van der Waals surface area contributed by atoms with Gasteiger partial charge in [-0.05, 0) is 24.6 Å². The van der Waals surface area contributed by atoms with Crippen molar-refractivity contribution in [3.8, 4) is 5.69 Å². The molecule has 0 aliphatic rings. The van der Waals surface area contributed by atoms with E-state index in [2.05, 4.69) is 10.3 Å². The first-order chi connectivity index (χ1) is 7.59. The Kier molecular flexibility index (Phi) is 2.62. The van der Waals surface area contributed by atoms with Gasteiger partial charge >= 0.3 is 5.97 Å². The number of hydrogen-bond acceptors (Lipinski definition) is 3. The van der Waals surface area contributed by atoms with Crippen molar-refractivity contribution in [1.82, 2.24) is 15.0 Å². The predicted octanol–water partition coefficient (Wildman–Crippen LogP) is 1.93. The van der Waals surface area contributed by atoms with Gasteiger partial charge in [0.2, 0.25) is 0 Å². The van der Waals surface area contributed by atoms with E-state index in [4.69, 9.17) is 16.7 Å². The molecule has 0 bridgehead atoms. The second-order valence-electron chi connectivity index (χ2n) is 3.24. The van der Waals surface area contributed by atoms with Gasteiger partial charge in [-0.2, -0.15) is 0 Å². The van der Waals surface area contributed by atoms with Crippen molar-refractivity contribution in [2.24, 2.45) is 0 Å². The summed E-state index contributed by atoms with van der Waals surface area (Å²) in [7, 11) is 0. The fourth-order valence-electron chi connectivity index (χ4n) is 1.32. The van der Waals surface area contributed by atoms with E-state index in [1.807, 2.05) is 6.92 Å². The molecular formula is C10H8ClN3O2. The van der Waals surface area contributed by atoms with E-state index in [1.54, 1.807) is 18.2 Å². The maximum Gasteiger partial charge on any atom is 0.358 e. The highest BCUT2D eigenvalue weighted by molar-refractivity contribution is 6.31. The Hall–Kier alpha value is -1.88. The number of carbonyl (C=O) groups is 1. The maximum atomic E-state index is 10.7. The number of rotatable bonds is 2. The number of aromatic carboxylic acids is 1. The average Bonchev–Trinajstić information content (AvgIpc) is 2.71. The molecule has 0 saturated carbocycles. The molecule has 16 heavy (non-hydrogen) atoms. The second-order valence-corrected chi connectivity index (χ2v) is 3.64. The van der Waals surface area contributed by atoms with Crippen LogP contribution < -0.4 is 0 Å². The first kappa shape index (κ1) is 10.6. The SMILES string of the molecule is Cc1c(Cl)cccc1-n1cc(C(=O)O)nn1. The molecule has 0 amide bonds. The van der Waals surface area contributed by atoms with Crippen LogP contribution in [0.25, 0.3) is 5.69 Å². The van der Waals surface area contributed by atoms with Crippen molar-refractivity contribution in [3.63, 3.8) is 0 Å². The van der Waals surface area contributed by atoms with Crippen LogP contribution in [0.1, 0.15) is 16.1 Å². The standard InChI is InChI=1S/C10H8ClN3O2/c1-6-7(11)3-2-4-9(6)14-5-8(10(15)16)12-13-14/h2-5H,1H3,(H,15,16). The van der Waals surface area contributed by atoms with Gasteiger partial charge in [0, 0.05) is 5.02 Å². The van der Waals surface area contributed by atoms with Gasteiger partial charge in [-0.25, -0.2) is 9.48 Å². The van der Waals surface area contributed by atoms with Crippen molar-refractivity contribution in [2.45, 2.75) is 6.92 Å². The number of carboxylic acids is 1. The van der Waals surface area contributed by atoms with E-state index in [0.29, 0.717) is 10.7 Å². The van der Waals surface area contributed by atoms with Crippen LogP contribution >= 0.6 is 11.6 Å². The number of hydrogen-bond donors (Lipinski definition) is 1. The molecule has 5 nitrogen and oxygen atoms in total. The smallest absolute Gasteiger partial charge is 0.358 e. The molecule has 0 atom stereocenters. The molecule has 0 unspecified atom stereocenters. The van der Waals surface area contributed by atoms with Gasteiger partial charge in [0.15, 0.2) is 5.69 Å². The molecule has 82 valence electrons. The quantitative estimate of drug-likeness (QED) is 0.867. The number of benzene rings is 1. The third-order valence-corrected chi connectivity index (χ3v) is 2.61. The van der Waals surface area contributed by atoms with E-state index in [1.165, 1.54) is 10.9 Å². The average molecular weight is 238 g/mol. The lowest BCUT2D eigenvalue weighted by molar-refractivity contribution is 0.0690. The minimum Gasteiger partial charge on any atom is -0.476 e. The predicted molar refractivity (Wildman–Crippen MR) is 58.1 cm³/mol. The number of halogens is 1. The van der Waals surface area contributed by atoms with Crippen LogP contribution in [0.15, 0.2) is 24.4 Å². The van der Waals surface area contributed by atoms with Crippen LogP contribution in [-0.2, 0) is 0 Å². The van der Waals surface area contributed by atoms with E-state index in [9.17, 15) is 4.79 Å². The van der Waals surface area contributed by atoms with Gasteiger partial charge in [0.25, 0.3) is 0 Å². The highest BCUT2D eigenvalue weighted by Crippen LogP contribution is 2.21. The highest BCUT2D eigenvalue weighted by Gasteiger charge is 2.11. The van der Waals surface area contributed by atoms with E-state index < -0.39 is 5.97 Å². The molecule has 0 fully saturated rings. The van der Waals surface area contributed by atoms with Gasteiger partial charge in [-0.3, -0.25) is 0 Å². The molecule has 2 rings (SSSR count). The summed E-state index contributed by atoms with van der Waals surface area (Å²) in [5, 5.41) is 16.6. The molecule has 1 aromatic heterocycles. The Bertz CT molecular complexity index is 551. The van der Waals surface area contributed by atoms with Gasteiger partial charge in [-0.1, -0.05) is 22.9 Å². The van der Waals surface area contributed by atoms with Crippen LogP contribution in [0.3, 0.4) is 0 Å². The molecule has 1 heterocycles. The topological polar surface area (TPSA) is 68.0 Å². The fourth-order valence-corrected chi connectivity index (χ4v) is 1.49. The van der Waals surface area contributed by atoms with E-state index >= 15 is 0 Å². The largest absolute Gasteiger partial charge is 0.476 e. The molecule has 1 aromatic carbocycles. The lowest BCUT2D eigenvalue weighted by Crippen LogP contribution is -1.98. The Labute approximate surface area is 96.3 Å². The number of nitrogens with zero attached hydrogens (tertiary/aromatic N) is 3. The van der Waals surface area contributed by atoms with Crippen molar-refractivity contribution in [2.75, 3.05) is 0 Å². The fraction of sp³-hybridized carbons (Fsp3) is 0.100. The lowest BCUT2D eigenvalue weighted by atomic mass is 10.2. The third kappa shape index (κ3) is 1.77. The first-order valence-electron chi connectivity index (χ1n) is 4.50. The van der Waals surface area contributed by atoms with Crippen LogP contribution in [0, 0.1) is 6.92 Å². The Balaban J connectivity index is 2.50. The number of carboxylic acid groups (broad SMARTS) is 1. The maximum absolute atomic E-state index is 10.7. The second kappa shape index (κ2) is 3.94. The van der Waals surface area contributed by atoms with E-state index in [0.717, 1.165) is 5.56 Å². The molecule has 0 aliphatic heterocycles. The molecule has 0 radical (unpaired) electrons. The summed E-state index contributed by atoms with van der Waals surface area (Å²) in [5.41, 5.74) is 1.44. The minimum atomic E-state index is -1.11. The van der Waals surface area contributed by atoms with Crippen molar-refractivity contribution >= 4 is 17.6 Å². The number of aromatic nitrogens is 3. The first-order valence-corrected chi connectivity index (χ1v) is 4.88. The molecule has 0 spiro atoms. The van der Waals surface area contributed by atoms with Gasteiger partial charge in [0.1, 0.15) is 0 Å². The molecule has 1 N–H and O–H groups in total. The van der Waals surface area contributed by atoms with E-state index in [-0.39, 0.29) is 5.69 Å². The summed E-state index contributed by atoms with van der Waals surface area (Å²) >= 11 is 5.96.